The average Bonchev–Trinajstić information content (AvgIpc) is 2.40. The van der Waals surface area contributed by atoms with Gasteiger partial charge in [0.15, 0.2) is 0 Å². The van der Waals surface area contributed by atoms with Crippen LogP contribution in [0.3, 0.4) is 0 Å². The minimum Gasteiger partial charge on any atom is -0.507 e. The molecule has 0 spiro atoms. The third-order valence-corrected chi connectivity index (χ3v) is 3.44. The second kappa shape index (κ2) is 4.55. The molecule has 1 heterocycles. The molecule has 0 atom stereocenters. The van der Waals surface area contributed by atoms with Gasteiger partial charge in [-0.1, -0.05) is 44.2 Å². The van der Waals surface area contributed by atoms with E-state index in [4.69, 9.17) is 9.31 Å². The second-order valence-electron chi connectivity index (χ2n) is 5.84. The van der Waals surface area contributed by atoms with Crippen LogP contribution in [-0.4, -0.2) is 25.4 Å². The Bertz CT molecular complexity index is 599. The van der Waals surface area contributed by atoms with Gasteiger partial charge >= 0.3 is 7.12 Å². The molecule has 4 heteroatoms. The number of hydrogen-bond donors (Lipinski definition) is 1. The zero-order chi connectivity index (χ0) is 13.5. The molecule has 2 aromatic carbocycles. The van der Waals surface area contributed by atoms with Crippen LogP contribution in [0.15, 0.2) is 36.4 Å². The van der Waals surface area contributed by atoms with Gasteiger partial charge in [-0.3, -0.25) is 0 Å². The minimum absolute atomic E-state index is 0.0588. The van der Waals surface area contributed by atoms with E-state index in [1.54, 1.807) is 6.07 Å². The molecule has 2 aromatic rings. The maximum absolute atomic E-state index is 9.90. The molecule has 3 rings (SSSR count). The summed E-state index contributed by atoms with van der Waals surface area (Å²) in [5.74, 6) is 0.287. The van der Waals surface area contributed by atoms with Gasteiger partial charge in [-0.2, -0.15) is 0 Å². The van der Waals surface area contributed by atoms with E-state index in [2.05, 4.69) is 13.8 Å². The first kappa shape index (κ1) is 12.5. The summed E-state index contributed by atoms with van der Waals surface area (Å²) in [6, 6.07) is 11.3. The number of rotatable bonds is 1. The van der Waals surface area contributed by atoms with Gasteiger partial charge in [0.05, 0.1) is 0 Å². The van der Waals surface area contributed by atoms with Gasteiger partial charge in [0.25, 0.3) is 0 Å². The fourth-order valence-electron chi connectivity index (χ4n) is 2.38. The van der Waals surface area contributed by atoms with E-state index in [1.165, 1.54) is 0 Å². The van der Waals surface area contributed by atoms with E-state index in [1.807, 2.05) is 30.3 Å². The zero-order valence-corrected chi connectivity index (χ0v) is 11.2. The summed E-state index contributed by atoms with van der Waals surface area (Å²) in [4.78, 5) is 0. The van der Waals surface area contributed by atoms with Crippen molar-refractivity contribution in [3.05, 3.63) is 36.4 Å². The summed E-state index contributed by atoms with van der Waals surface area (Å²) in [5, 5.41) is 11.7. The molecule has 98 valence electrons. The normalized spacial score (nSPS) is 18.7. The van der Waals surface area contributed by atoms with E-state index in [-0.39, 0.29) is 18.3 Å². The molecule has 0 aromatic heterocycles. The van der Waals surface area contributed by atoms with Gasteiger partial charge in [-0.05, 0) is 16.9 Å². The molecule has 19 heavy (non-hydrogen) atoms. The second-order valence-corrected chi connectivity index (χ2v) is 5.84. The fourth-order valence-corrected chi connectivity index (χ4v) is 2.38. The highest BCUT2D eigenvalue weighted by atomic mass is 16.6. The topological polar surface area (TPSA) is 38.7 Å². The van der Waals surface area contributed by atoms with E-state index >= 15 is 0 Å². The monoisotopic (exact) mass is 256 g/mol. The SMILES string of the molecule is CC1(C)COB(c2ccc(O)c3ccccc23)OC1. The highest BCUT2D eigenvalue weighted by Gasteiger charge is 2.34. The molecule has 0 bridgehead atoms. The lowest BCUT2D eigenvalue weighted by molar-refractivity contribution is 0.0344. The maximum atomic E-state index is 9.90. The molecular weight excluding hydrogens is 239 g/mol. The number of aromatic hydroxyl groups is 1. The zero-order valence-electron chi connectivity index (χ0n) is 11.2. The molecule has 1 saturated heterocycles. The summed E-state index contributed by atoms with van der Waals surface area (Å²) >= 11 is 0. The van der Waals surface area contributed by atoms with Gasteiger partial charge in [-0.15, -0.1) is 0 Å². The van der Waals surface area contributed by atoms with E-state index in [9.17, 15) is 5.11 Å². The van der Waals surface area contributed by atoms with Crippen LogP contribution in [0.5, 0.6) is 5.75 Å². The molecule has 1 N–H and O–H groups in total. The number of phenolic OH excluding ortho intramolecular Hbond substituents is 1. The molecule has 0 saturated carbocycles. The molecule has 1 aliphatic rings. The van der Waals surface area contributed by atoms with Gasteiger partial charge in [0.2, 0.25) is 0 Å². The summed E-state index contributed by atoms with van der Waals surface area (Å²) in [6.45, 7) is 5.59. The molecule has 3 nitrogen and oxygen atoms in total. The third kappa shape index (κ3) is 2.34. The Morgan fingerprint density at radius 1 is 1.00 bits per heavy atom. The maximum Gasteiger partial charge on any atom is 0.494 e. The van der Waals surface area contributed by atoms with E-state index in [0.29, 0.717) is 13.2 Å². The van der Waals surface area contributed by atoms with Crippen LogP contribution < -0.4 is 5.46 Å². The van der Waals surface area contributed by atoms with Crippen molar-refractivity contribution in [2.24, 2.45) is 5.41 Å². The van der Waals surface area contributed by atoms with Crippen molar-refractivity contribution in [3.8, 4) is 5.75 Å². The standard InChI is InChI=1S/C15H17BO3/c1-15(2)9-18-16(19-10-15)13-7-8-14(17)12-6-4-3-5-11(12)13/h3-8,17H,9-10H2,1-2H3. The van der Waals surface area contributed by atoms with Crippen molar-refractivity contribution in [2.75, 3.05) is 13.2 Å². The largest absolute Gasteiger partial charge is 0.507 e. The predicted octanol–water partition coefficient (Wildman–Crippen LogP) is 2.31. The van der Waals surface area contributed by atoms with Gasteiger partial charge in [0, 0.05) is 24.0 Å². The van der Waals surface area contributed by atoms with Crippen molar-refractivity contribution >= 4 is 23.4 Å². The summed E-state index contributed by atoms with van der Waals surface area (Å²) < 4.78 is 11.6. The van der Waals surface area contributed by atoms with Gasteiger partial charge in [0.1, 0.15) is 5.75 Å². The van der Waals surface area contributed by atoms with Crippen LogP contribution in [0.25, 0.3) is 10.8 Å². The smallest absolute Gasteiger partial charge is 0.494 e. The average molecular weight is 256 g/mol. The van der Waals surface area contributed by atoms with Gasteiger partial charge < -0.3 is 14.4 Å². The first-order chi connectivity index (χ1) is 9.07. The van der Waals surface area contributed by atoms with E-state index < -0.39 is 0 Å². The highest BCUT2D eigenvalue weighted by Crippen LogP contribution is 2.26. The van der Waals surface area contributed by atoms with Crippen LogP contribution in [0.4, 0.5) is 0 Å². The molecule has 1 fully saturated rings. The van der Waals surface area contributed by atoms with Crippen molar-refractivity contribution < 1.29 is 14.4 Å². The fraction of sp³-hybridized carbons (Fsp3) is 0.333. The predicted molar refractivity (Wildman–Crippen MR) is 76.7 cm³/mol. The lowest BCUT2D eigenvalue weighted by Crippen LogP contribution is -2.47. The Morgan fingerprint density at radius 3 is 2.32 bits per heavy atom. The van der Waals surface area contributed by atoms with E-state index in [0.717, 1.165) is 16.2 Å². The van der Waals surface area contributed by atoms with Gasteiger partial charge in [-0.25, -0.2) is 0 Å². The van der Waals surface area contributed by atoms with Crippen LogP contribution in [-0.2, 0) is 9.31 Å². The molecule has 0 amide bonds. The lowest BCUT2D eigenvalue weighted by atomic mass is 9.73. The van der Waals surface area contributed by atoms with Crippen LogP contribution in [0, 0.1) is 5.41 Å². The first-order valence-electron chi connectivity index (χ1n) is 6.51. The highest BCUT2D eigenvalue weighted by molar-refractivity contribution is 6.64. The molecular formula is C15H17BO3. The Labute approximate surface area is 113 Å². The lowest BCUT2D eigenvalue weighted by Gasteiger charge is -2.33. The molecule has 0 radical (unpaired) electrons. The van der Waals surface area contributed by atoms with Crippen molar-refractivity contribution in [1.82, 2.24) is 0 Å². The minimum atomic E-state index is -0.349. The molecule has 1 aliphatic heterocycles. The Balaban J connectivity index is 2.00. The Kier molecular flexibility index (Phi) is 2.99. The molecule has 0 aliphatic carbocycles. The summed E-state index contributed by atoms with van der Waals surface area (Å²) in [5.41, 5.74) is 1.03. The Morgan fingerprint density at radius 2 is 1.63 bits per heavy atom. The van der Waals surface area contributed by atoms with Crippen LogP contribution >= 0.6 is 0 Å². The Hall–Kier alpha value is -1.52. The van der Waals surface area contributed by atoms with Crippen molar-refractivity contribution in [2.45, 2.75) is 13.8 Å². The first-order valence-corrected chi connectivity index (χ1v) is 6.51. The number of hydrogen-bond acceptors (Lipinski definition) is 3. The summed E-state index contributed by atoms with van der Waals surface area (Å²) in [7, 11) is -0.349. The number of phenols is 1. The molecule has 0 unspecified atom stereocenters. The quantitative estimate of drug-likeness (QED) is 0.796. The van der Waals surface area contributed by atoms with Crippen molar-refractivity contribution in [1.29, 1.82) is 0 Å². The third-order valence-electron chi connectivity index (χ3n) is 3.44. The summed E-state index contributed by atoms with van der Waals surface area (Å²) in [6.07, 6.45) is 0. The number of fused-ring (bicyclic) bond motifs is 1. The van der Waals surface area contributed by atoms with Crippen LogP contribution in [0.1, 0.15) is 13.8 Å². The van der Waals surface area contributed by atoms with Crippen molar-refractivity contribution in [3.63, 3.8) is 0 Å². The van der Waals surface area contributed by atoms with Crippen LogP contribution in [0.2, 0.25) is 0 Å². The number of benzene rings is 2.